The lowest BCUT2D eigenvalue weighted by atomic mass is 10.1. The van der Waals surface area contributed by atoms with Crippen LogP contribution in [0.4, 0.5) is 24.0 Å². The zero-order valence-electron chi connectivity index (χ0n) is 21.6. The Morgan fingerprint density at radius 1 is 1.00 bits per heavy atom. The van der Waals surface area contributed by atoms with Crippen LogP contribution >= 0.6 is 56.5 Å². The molecule has 0 aliphatic heterocycles. The third kappa shape index (κ3) is 7.77. The van der Waals surface area contributed by atoms with Gasteiger partial charge in [0.25, 0.3) is 0 Å². The van der Waals surface area contributed by atoms with Gasteiger partial charge in [-0.25, -0.2) is 10.4 Å². The molecule has 4 aromatic carbocycles. The van der Waals surface area contributed by atoms with E-state index < -0.39 is 11.7 Å². The second kappa shape index (κ2) is 13.4. The number of benzene rings is 4. The number of hydrazone groups is 1. The SMILES string of the molecule is O=C(Cc1csc(Nc2cccc(C(F)(F)F)c2)n1)N/N=C\c1cc(I)c(OCc2cccc3ccccc23)c(I)c1. The zero-order valence-corrected chi connectivity index (χ0v) is 26.7. The lowest BCUT2D eigenvalue weighted by Gasteiger charge is -2.13. The highest BCUT2D eigenvalue weighted by molar-refractivity contribution is 14.1. The van der Waals surface area contributed by atoms with E-state index >= 15 is 0 Å². The van der Waals surface area contributed by atoms with Crippen molar-refractivity contribution in [2.24, 2.45) is 5.10 Å². The Labute approximate surface area is 270 Å². The number of ether oxygens (including phenoxy) is 1. The van der Waals surface area contributed by atoms with Crippen molar-refractivity contribution < 1.29 is 22.7 Å². The van der Waals surface area contributed by atoms with Crippen LogP contribution < -0.4 is 15.5 Å². The second-order valence-electron chi connectivity index (χ2n) is 9.06. The van der Waals surface area contributed by atoms with Crippen LogP contribution in [-0.4, -0.2) is 17.1 Å². The third-order valence-corrected chi connectivity index (χ3v) is 8.42. The van der Waals surface area contributed by atoms with E-state index in [0.717, 1.165) is 41.5 Å². The molecule has 0 aliphatic rings. The van der Waals surface area contributed by atoms with Gasteiger partial charge in [0.05, 0.1) is 31.0 Å². The second-order valence-corrected chi connectivity index (χ2v) is 12.2. The summed E-state index contributed by atoms with van der Waals surface area (Å²) in [6.45, 7) is 0.435. The van der Waals surface area contributed by atoms with E-state index in [1.807, 2.05) is 30.3 Å². The molecule has 0 saturated heterocycles. The first-order valence-corrected chi connectivity index (χ1v) is 15.5. The van der Waals surface area contributed by atoms with Crippen LogP contribution in [0.25, 0.3) is 10.8 Å². The Bertz CT molecular complexity index is 1750. The number of nitrogens with one attached hydrogen (secondary N) is 2. The fraction of sp³-hybridized carbons (Fsp3) is 0.100. The van der Waals surface area contributed by atoms with Crippen LogP contribution in [-0.2, 0) is 24.0 Å². The lowest BCUT2D eigenvalue weighted by Crippen LogP contribution is -2.20. The summed E-state index contributed by atoms with van der Waals surface area (Å²) in [6.07, 6.45) is -2.92. The van der Waals surface area contributed by atoms with Gasteiger partial charge in [0.15, 0.2) is 5.13 Å². The summed E-state index contributed by atoms with van der Waals surface area (Å²) in [7, 11) is 0. The van der Waals surface area contributed by atoms with Gasteiger partial charge in [0, 0.05) is 11.1 Å². The quantitative estimate of drug-likeness (QED) is 0.0890. The van der Waals surface area contributed by atoms with Crippen molar-refractivity contribution in [3.63, 3.8) is 0 Å². The maximum absolute atomic E-state index is 13.0. The molecule has 5 rings (SSSR count). The number of carbonyl (C=O) groups excluding carboxylic acids is 1. The maximum Gasteiger partial charge on any atom is 0.416 e. The highest BCUT2D eigenvalue weighted by atomic mass is 127. The van der Waals surface area contributed by atoms with Gasteiger partial charge in [-0.2, -0.15) is 18.3 Å². The first kappa shape index (κ1) is 30.2. The molecule has 0 saturated carbocycles. The van der Waals surface area contributed by atoms with E-state index in [2.05, 4.69) is 90.3 Å². The van der Waals surface area contributed by atoms with Crippen molar-refractivity contribution >= 4 is 90.2 Å². The first-order valence-electron chi connectivity index (χ1n) is 12.4. The topological polar surface area (TPSA) is 75.6 Å². The fourth-order valence-electron chi connectivity index (χ4n) is 4.09. The molecule has 12 heteroatoms. The molecule has 1 heterocycles. The van der Waals surface area contributed by atoms with Crippen molar-refractivity contribution in [1.82, 2.24) is 10.4 Å². The molecule has 1 aromatic heterocycles. The Hall–Kier alpha value is -3.24. The molecule has 0 atom stereocenters. The van der Waals surface area contributed by atoms with Crippen LogP contribution in [0.2, 0.25) is 0 Å². The van der Waals surface area contributed by atoms with Crippen molar-refractivity contribution in [2.75, 3.05) is 5.32 Å². The molecule has 0 fully saturated rings. The Balaban J connectivity index is 1.15. The predicted octanol–water partition coefficient (Wildman–Crippen LogP) is 8.54. The van der Waals surface area contributed by atoms with Crippen molar-refractivity contribution in [3.05, 3.63) is 114 Å². The van der Waals surface area contributed by atoms with Gasteiger partial charge in [0.1, 0.15) is 12.4 Å². The number of amides is 1. The van der Waals surface area contributed by atoms with E-state index in [-0.39, 0.29) is 18.0 Å². The number of aromatic nitrogens is 1. The number of nitrogens with zero attached hydrogens (tertiary/aromatic N) is 2. The summed E-state index contributed by atoms with van der Waals surface area (Å²) in [5.74, 6) is 0.407. The van der Waals surface area contributed by atoms with Crippen molar-refractivity contribution in [3.8, 4) is 5.75 Å². The highest BCUT2D eigenvalue weighted by Crippen LogP contribution is 2.32. The number of carbonyl (C=O) groups is 1. The van der Waals surface area contributed by atoms with Crippen molar-refractivity contribution in [1.29, 1.82) is 0 Å². The maximum atomic E-state index is 13.0. The molecular formula is C30H21F3I2N4O2S. The largest absolute Gasteiger partial charge is 0.487 e. The van der Waals surface area contributed by atoms with Gasteiger partial charge in [-0.1, -0.05) is 48.5 Å². The summed E-state index contributed by atoms with van der Waals surface area (Å²) < 4.78 is 46.9. The molecule has 214 valence electrons. The van der Waals surface area contributed by atoms with Crippen LogP contribution in [0.3, 0.4) is 0 Å². The number of hydrogen-bond acceptors (Lipinski definition) is 6. The smallest absolute Gasteiger partial charge is 0.416 e. The summed E-state index contributed by atoms with van der Waals surface area (Å²) >= 11 is 5.63. The molecule has 0 unspecified atom stereocenters. The molecule has 5 aromatic rings. The number of alkyl halides is 3. The monoisotopic (exact) mass is 812 g/mol. The predicted molar refractivity (Wildman–Crippen MR) is 176 cm³/mol. The fourth-order valence-corrected chi connectivity index (χ4v) is 6.94. The third-order valence-electron chi connectivity index (χ3n) is 6.01. The lowest BCUT2D eigenvalue weighted by molar-refractivity contribution is -0.137. The van der Waals surface area contributed by atoms with Gasteiger partial charge < -0.3 is 10.1 Å². The molecule has 0 bridgehead atoms. The highest BCUT2D eigenvalue weighted by Gasteiger charge is 2.30. The number of rotatable bonds is 9. The average molecular weight is 812 g/mol. The van der Waals surface area contributed by atoms with Crippen molar-refractivity contribution in [2.45, 2.75) is 19.2 Å². The van der Waals surface area contributed by atoms with Crippen LogP contribution in [0.1, 0.15) is 22.4 Å². The molecule has 0 aliphatic carbocycles. The number of anilines is 2. The minimum Gasteiger partial charge on any atom is -0.487 e. The Kier molecular flexibility index (Phi) is 9.63. The summed E-state index contributed by atoms with van der Waals surface area (Å²) in [6, 6.07) is 23.0. The molecule has 1 amide bonds. The summed E-state index contributed by atoms with van der Waals surface area (Å²) in [5.41, 5.74) is 4.37. The van der Waals surface area contributed by atoms with Gasteiger partial charge in [-0.05, 0) is 97.4 Å². The van der Waals surface area contributed by atoms with Gasteiger partial charge >= 0.3 is 6.18 Å². The van der Waals surface area contributed by atoms with E-state index in [0.29, 0.717) is 17.4 Å². The number of hydrogen-bond donors (Lipinski definition) is 2. The molecule has 0 spiro atoms. The normalized spacial score (nSPS) is 11.6. The van der Waals surface area contributed by atoms with E-state index in [9.17, 15) is 18.0 Å². The Morgan fingerprint density at radius 3 is 2.52 bits per heavy atom. The van der Waals surface area contributed by atoms with Crippen LogP contribution in [0.5, 0.6) is 5.75 Å². The molecule has 42 heavy (non-hydrogen) atoms. The molecule has 2 N–H and O–H groups in total. The molecule has 0 radical (unpaired) electrons. The Morgan fingerprint density at radius 2 is 1.74 bits per heavy atom. The standard InChI is InChI=1S/C30H21F3I2N4O2S/c31-30(32,33)21-8-4-9-22(13-21)37-29-38-23(17-42-29)14-27(40)39-36-15-18-11-25(34)28(26(35)12-18)41-16-20-7-3-6-19-5-1-2-10-24(19)20/h1-13,15,17H,14,16H2,(H,37,38)(H,39,40)/b36-15-. The zero-order chi connectivity index (χ0) is 29.7. The van der Waals surface area contributed by atoms with E-state index in [4.69, 9.17) is 4.74 Å². The van der Waals surface area contributed by atoms with Gasteiger partial charge in [0.2, 0.25) is 5.91 Å². The van der Waals surface area contributed by atoms with E-state index in [1.54, 1.807) is 11.6 Å². The first-order chi connectivity index (χ1) is 20.2. The van der Waals surface area contributed by atoms with Gasteiger partial charge in [-0.15, -0.1) is 11.3 Å². The summed E-state index contributed by atoms with van der Waals surface area (Å²) in [4.78, 5) is 16.7. The number of thiazole rings is 1. The molecule has 6 nitrogen and oxygen atoms in total. The molecular weight excluding hydrogens is 791 g/mol. The summed E-state index contributed by atoms with van der Waals surface area (Å²) in [5, 5.41) is 11.3. The van der Waals surface area contributed by atoms with E-state index in [1.165, 1.54) is 28.9 Å². The van der Waals surface area contributed by atoms with Crippen LogP contribution in [0, 0.1) is 7.14 Å². The minimum absolute atomic E-state index is 0.0336. The minimum atomic E-state index is -4.44. The number of halogens is 5. The van der Waals surface area contributed by atoms with Gasteiger partial charge in [-0.3, -0.25) is 4.79 Å². The number of fused-ring (bicyclic) bond motifs is 1. The van der Waals surface area contributed by atoms with Crippen LogP contribution in [0.15, 0.2) is 89.3 Å². The average Bonchev–Trinajstić information content (AvgIpc) is 3.38.